The third kappa shape index (κ3) is 2.42. The number of hydrogen-bond donors (Lipinski definition) is 5. The Balaban J connectivity index is 1.68. The summed E-state index contributed by atoms with van der Waals surface area (Å²) in [5.74, 6) is 8.66. The third-order valence-electron chi connectivity index (χ3n) is 7.28. The van der Waals surface area contributed by atoms with Crippen LogP contribution >= 0.6 is 0 Å². The molecule has 5 atom stereocenters. The number of hydrogen-bond acceptors (Lipinski definition) is 9. The van der Waals surface area contributed by atoms with E-state index in [2.05, 4.69) is 29.0 Å². The second-order valence-corrected chi connectivity index (χ2v) is 8.96. The molecule has 2 aliphatic carbocycles. The van der Waals surface area contributed by atoms with Crippen LogP contribution in [0.25, 0.3) is 0 Å². The normalized spacial score (nSPS) is 29.9. The largest absolute Gasteiger partial charge is 0.507 e. The molecule has 2 aliphatic heterocycles. The highest BCUT2D eigenvalue weighted by molar-refractivity contribution is 6.32. The van der Waals surface area contributed by atoms with E-state index in [0.717, 1.165) is 0 Å². The molecular weight excluding hydrogens is 466 g/mol. The third-order valence-corrected chi connectivity index (χ3v) is 7.28. The van der Waals surface area contributed by atoms with Gasteiger partial charge in [0.25, 0.3) is 0 Å². The number of phenols is 2. The molecule has 2 aromatic rings. The van der Waals surface area contributed by atoms with Crippen LogP contribution in [0.2, 0.25) is 0 Å². The van der Waals surface area contributed by atoms with Gasteiger partial charge >= 0.3 is 0 Å². The predicted octanol–water partition coefficient (Wildman–Crippen LogP) is 0.958. The number of aromatic hydroxyl groups is 2. The van der Waals surface area contributed by atoms with Gasteiger partial charge < -0.3 is 35.2 Å². The van der Waals surface area contributed by atoms with Gasteiger partial charge in [0.15, 0.2) is 34.6 Å². The van der Waals surface area contributed by atoms with Gasteiger partial charge in [-0.15, -0.1) is 0 Å². The van der Waals surface area contributed by atoms with Crippen LogP contribution in [-0.2, 0) is 10.3 Å². The number of ketones is 2. The maximum atomic E-state index is 13.8. The van der Waals surface area contributed by atoms with Crippen molar-refractivity contribution in [3.05, 3.63) is 58.2 Å². The Morgan fingerprint density at radius 1 is 1.08 bits per heavy atom. The van der Waals surface area contributed by atoms with E-state index < -0.39 is 52.5 Å². The molecule has 9 nitrogen and oxygen atoms in total. The first-order chi connectivity index (χ1) is 17.2. The summed E-state index contributed by atoms with van der Waals surface area (Å²) in [5, 5.41) is 46.8. The zero-order chi connectivity index (χ0) is 25.6. The molecular formula is C27H19NO8. The molecule has 0 spiro atoms. The molecule has 0 radical (unpaired) electrons. The van der Waals surface area contributed by atoms with Crippen molar-refractivity contribution >= 4 is 17.3 Å². The van der Waals surface area contributed by atoms with Crippen molar-refractivity contribution in [2.45, 2.75) is 36.4 Å². The first-order valence-electron chi connectivity index (χ1n) is 11.1. The fraction of sp³-hybridized carbons (Fsp3) is 0.259. The summed E-state index contributed by atoms with van der Waals surface area (Å²) in [6.45, 7) is 1.48. The van der Waals surface area contributed by atoms with Crippen molar-refractivity contribution in [3.8, 4) is 40.9 Å². The summed E-state index contributed by atoms with van der Waals surface area (Å²) in [6.07, 6.45) is 0.305. The van der Waals surface area contributed by atoms with E-state index >= 15 is 0 Å². The number of epoxide rings is 1. The van der Waals surface area contributed by atoms with Crippen molar-refractivity contribution in [2.24, 2.45) is 0 Å². The van der Waals surface area contributed by atoms with E-state index in [1.165, 1.54) is 44.4 Å². The molecule has 36 heavy (non-hydrogen) atoms. The van der Waals surface area contributed by atoms with Crippen LogP contribution in [0.15, 0.2) is 30.4 Å². The number of phenolic OH excluding ortho intramolecular Hbond substituents is 2. The minimum absolute atomic E-state index is 0.00110. The zero-order valence-corrected chi connectivity index (χ0v) is 19.0. The highest BCUT2D eigenvalue weighted by atomic mass is 16.7. The van der Waals surface area contributed by atoms with Gasteiger partial charge in [-0.25, -0.2) is 0 Å². The smallest absolute Gasteiger partial charge is 0.200 e. The number of ether oxygens (including phenoxy) is 2. The number of carbonyl (C=O) groups is 2. The lowest BCUT2D eigenvalue weighted by Crippen LogP contribution is -2.54. The van der Waals surface area contributed by atoms with Crippen LogP contribution < -0.4 is 10.1 Å². The quantitative estimate of drug-likeness (QED) is 0.203. The van der Waals surface area contributed by atoms with Crippen LogP contribution in [0.4, 0.5) is 5.69 Å². The lowest BCUT2D eigenvalue weighted by atomic mass is 9.69. The number of benzene rings is 2. The SMILES string of the molecule is COc1ccc2c(c1O)C(=O)c1c3c(cc(O)c1C2=O)[C@@]12O[C@@]1([C@@H](C)O)[C@H](C#C/C=C\C#C[C@H]2O)N3. The van der Waals surface area contributed by atoms with Gasteiger partial charge in [-0.3, -0.25) is 9.59 Å². The molecule has 5 N–H and O–H groups in total. The number of aliphatic hydroxyl groups excluding tert-OH is 2. The number of nitrogens with one attached hydrogen (secondary N) is 1. The van der Waals surface area contributed by atoms with E-state index in [4.69, 9.17) is 9.47 Å². The zero-order valence-electron chi connectivity index (χ0n) is 19.0. The standard InChI is InChI=1S/C27H19NO8/c1-12(29)26-17-7-5-3-4-6-8-18(31)27(26,36-26)14-11-15(30)20-21(22(14)28-17)25(34)19-13(23(20)32)9-10-16(35-2)24(19)33/h3-4,9-12,17-18,28-31,33H,1-2H3/b4-3-/t12-,17+,18-,26+,27+/m1/s1. The first kappa shape index (κ1) is 22.2. The lowest BCUT2D eigenvalue weighted by molar-refractivity contribution is 0.0867. The summed E-state index contributed by atoms with van der Waals surface area (Å²) in [4.78, 5) is 27.3. The Kier molecular flexibility index (Phi) is 4.39. The van der Waals surface area contributed by atoms with Crippen LogP contribution in [0.1, 0.15) is 44.3 Å². The Hall–Kier alpha value is -4.28. The fourth-order valence-corrected chi connectivity index (χ4v) is 5.66. The van der Waals surface area contributed by atoms with Gasteiger partial charge in [0.2, 0.25) is 5.78 Å². The Labute approximate surface area is 205 Å². The summed E-state index contributed by atoms with van der Waals surface area (Å²) in [5.41, 5.74) is -3.73. The maximum Gasteiger partial charge on any atom is 0.200 e. The Morgan fingerprint density at radius 2 is 1.81 bits per heavy atom. The van der Waals surface area contributed by atoms with Crippen molar-refractivity contribution < 1.29 is 39.5 Å². The molecule has 1 fully saturated rings. The molecule has 4 aliphatic rings. The molecule has 9 heteroatoms. The van der Waals surface area contributed by atoms with Crippen LogP contribution in [-0.4, -0.2) is 63.0 Å². The summed E-state index contributed by atoms with van der Waals surface area (Å²) in [7, 11) is 1.31. The molecule has 0 aromatic heterocycles. The predicted molar refractivity (Wildman–Crippen MR) is 125 cm³/mol. The molecule has 0 amide bonds. The van der Waals surface area contributed by atoms with Gasteiger partial charge in [-0.1, -0.05) is 23.7 Å². The van der Waals surface area contributed by atoms with Gasteiger partial charge in [-0.2, -0.15) is 0 Å². The topological polar surface area (TPSA) is 149 Å². The Morgan fingerprint density at radius 3 is 2.50 bits per heavy atom. The summed E-state index contributed by atoms with van der Waals surface area (Å²) >= 11 is 0. The lowest BCUT2D eigenvalue weighted by Gasteiger charge is -2.37. The minimum Gasteiger partial charge on any atom is -0.507 e. The van der Waals surface area contributed by atoms with E-state index in [9.17, 15) is 30.0 Å². The number of allylic oxidation sites excluding steroid dienone is 2. The van der Waals surface area contributed by atoms with Gasteiger partial charge in [0.1, 0.15) is 11.8 Å². The molecule has 1 saturated heterocycles. The second kappa shape index (κ2) is 7.12. The molecule has 2 aromatic carbocycles. The highest BCUT2D eigenvalue weighted by Gasteiger charge is 2.82. The van der Waals surface area contributed by atoms with Crippen molar-refractivity contribution in [3.63, 3.8) is 0 Å². The van der Waals surface area contributed by atoms with E-state index in [0.29, 0.717) is 0 Å². The number of methoxy groups -OCH3 is 1. The summed E-state index contributed by atoms with van der Waals surface area (Å²) in [6, 6.07) is 3.01. The Bertz CT molecular complexity index is 1570. The number of carbonyl (C=O) groups excluding carboxylic acids is 2. The first-order valence-corrected chi connectivity index (χ1v) is 11.1. The maximum absolute atomic E-state index is 13.8. The monoisotopic (exact) mass is 485 g/mol. The second-order valence-electron chi connectivity index (χ2n) is 8.96. The highest BCUT2D eigenvalue weighted by Crippen LogP contribution is 2.67. The number of anilines is 1. The average Bonchev–Trinajstić information content (AvgIpc) is 3.58. The summed E-state index contributed by atoms with van der Waals surface area (Å²) < 4.78 is 11.2. The van der Waals surface area contributed by atoms with Gasteiger partial charge in [-0.05, 0) is 37.3 Å². The van der Waals surface area contributed by atoms with E-state index in [1.807, 2.05) is 0 Å². The molecule has 2 bridgehead atoms. The van der Waals surface area contributed by atoms with Crippen LogP contribution in [0, 0.1) is 23.7 Å². The molecule has 180 valence electrons. The van der Waals surface area contributed by atoms with Crippen molar-refractivity contribution in [1.82, 2.24) is 0 Å². The fourth-order valence-electron chi connectivity index (χ4n) is 5.66. The number of rotatable bonds is 2. The molecule has 2 heterocycles. The van der Waals surface area contributed by atoms with Gasteiger partial charge in [0.05, 0.1) is 35.6 Å². The van der Waals surface area contributed by atoms with Gasteiger partial charge in [0, 0.05) is 11.1 Å². The van der Waals surface area contributed by atoms with Crippen molar-refractivity contribution in [2.75, 3.05) is 12.4 Å². The number of aliphatic hydroxyl groups is 2. The van der Waals surface area contributed by atoms with Crippen molar-refractivity contribution in [1.29, 1.82) is 0 Å². The average molecular weight is 485 g/mol. The minimum atomic E-state index is -1.66. The van der Waals surface area contributed by atoms with E-state index in [-0.39, 0.29) is 39.3 Å². The van der Waals surface area contributed by atoms with E-state index in [1.54, 1.807) is 0 Å². The van der Waals surface area contributed by atoms with Crippen LogP contribution in [0.5, 0.6) is 17.2 Å². The molecule has 0 unspecified atom stereocenters. The van der Waals surface area contributed by atoms with Crippen LogP contribution in [0.3, 0.4) is 0 Å². The number of fused-ring (bicyclic) bond motifs is 4. The molecule has 0 saturated carbocycles. The molecule has 6 rings (SSSR count).